The molecule has 0 heterocycles. The zero-order valence-electron chi connectivity index (χ0n) is 13.1. The molecule has 2 nitrogen and oxygen atoms in total. The van der Waals surface area contributed by atoms with Crippen LogP contribution in [0.2, 0.25) is 0 Å². The Morgan fingerprint density at radius 1 is 1.26 bits per heavy atom. The van der Waals surface area contributed by atoms with E-state index in [0.29, 0.717) is 6.42 Å². The second-order valence-electron chi connectivity index (χ2n) is 3.85. The van der Waals surface area contributed by atoms with Gasteiger partial charge in [0.25, 0.3) is 0 Å². The fourth-order valence-electron chi connectivity index (χ4n) is 0.954. The van der Waals surface area contributed by atoms with Gasteiger partial charge in [-0.15, -0.1) is 0 Å². The minimum atomic E-state index is -4.11. The van der Waals surface area contributed by atoms with Gasteiger partial charge in [0.2, 0.25) is 0 Å². The maximum absolute atomic E-state index is 12.0. The number of hydrogen-bond acceptors (Lipinski definition) is 1. The van der Waals surface area contributed by atoms with Crippen LogP contribution in [0.25, 0.3) is 5.59 Å². The standard InChI is InChI=1S/C7H9F3.C3H9P.2CH3.NO.W/c8-7(9,10)6-4-2-1-3-5-6;1-4(2)3;;;1-2;/h2,4,6H,1,3,5H2;1-3H3;2*1H3;;/q;;3*-1;/p+1/t6-;;;;;/m1...../s1/i1D;;;;;/t1-,6+;;;;;/m0...... The van der Waals surface area contributed by atoms with Crippen LogP contribution in [0.3, 0.4) is 0 Å². The van der Waals surface area contributed by atoms with E-state index in [-0.39, 0.29) is 50.3 Å². The van der Waals surface area contributed by atoms with E-state index < -0.39 is 18.5 Å². The van der Waals surface area contributed by atoms with Gasteiger partial charge in [-0.1, -0.05) is 12.2 Å². The topological polar surface area (TPSA) is 39.4 Å². The van der Waals surface area contributed by atoms with Gasteiger partial charge in [-0.05, 0) is 27.2 Å². The van der Waals surface area contributed by atoms with Gasteiger partial charge in [0, 0.05) is 42.4 Å². The molecule has 1 rings (SSSR count). The van der Waals surface area contributed by atoms with Crippen LogP contribution in [0.5, 0.6) is 0 Å². The fraction of sp³-hybridized carbons (Fsp3) is 0.667. The summed E-state index contributed by atoms with van der Waals surface area (Å²) in [6.45, 7) is 6.81. The van der Waals surface area contributed by atoms with E-state index in [9.17, 15) is 13.2 Å². The second-order valence-corrected chi connectivity index (χ2v) is 6.85. The van der Waals surface area contributed by atoms with Crippen LogP contribution in [-0.4, -0.2) is 26.2 Å². The van der Waals surface area contributed by atoms with Crippen molar-refractivity contribution in [2.45, 2.75) is 25.4 Å². The molecule has 0 N–H and O–H groups in total. The second kappa shape index (κ2) is 18.2. The quantitative estimate of drug-likeness (QED) is 0.271. The molecule has 0 aromatic rings. The molecular formula is C12H25F3NOPW-2. The molecule has 0 radical (unpaired) electrons. The molecule has 1 aliphatic carbocycles. The third kappa shape index (κ3) is 23.7. The summed E-state index contributed by atoms with van der Waals surface area (Å²) in [4.78, 5) is 7.25. The Hall–Kier alpha value is 0.248. The third-order valence-corrected chi connectivity index (χ3v) is 1.54. The number of nitroso groups, excluding NO2 is 1. The zero-order valence-corrected chi connectivity index (χ0v) is 16.1. The van der Waals surface area contributed by atoms with Crippen molar-refractivity contribution in [3.63, 3.8) is 0 Å². The Kier molecular flexibility index (Phi) is 26.5. The molecule has 0 aromatic heterocycles. The molecule has 0 spiro atoms. The average molecular weight is 472 g/mol. The van der Waals surface area contributed by atoms with Gasteiger partial charge in [0.05, 0.1) is 5.92 Å². The minimum absolute atomic E-state index is 0. The van der Waals surface area contributed by atoms with Crippen molar-refractivity contribution in [3.8, 4) is 0 Å². The van der Waals surface area contributed by atoms with Gasteiger partial charge in [0.1, 0.15) is 0 Å². The summed E-state index contributed by atoms with van der Waals surface area (Å²) < 4.78 is 43.0. The monoisotopic (exact) mass is 472 g/mol. The predicted molar refractivity (Wildman–Crippen MR) is 78.2 cm³/mol. The summed E-state index contributed by atoms with van der Waals surface area (Å²) in [5, 5.41) is 0. The smallest absolute Gasteiger partial charge is 0.395 e. The van der Waals surface area contributed by atoms with Crippen LogP contribution in [0.1, 0.15) is 20.6 Å². The van der Waals surface area contributed by atoms with Crippen molar-refractivity contribution < 1.29 is 35.6 Å². The van der Waals surface area contributed by atoms with Crippen molar-refractivity contribution in [1.29, 1.82) is 0 Å². The molecule has 2 atom stereocenters. The van der Waals surface area contributed by atoms with E-state index >= 15 is 0 Å². The SMILES string of the molecule is C[PH+](C)C.[2H][C@H]1C=C[C@@H](C(F)(F)F)CC1.[CH3-].[CH3-].[N-]=O.[W]. The Balaban J connectivity index is -0.0000000733. The first-order valence-electron chi connectivity index (χ1n) is 5.43. The normalized spacial score (nSPS) is 20.9. The fourth-order valence-corrected chi connectivity index (χ4v) is 0.954. The number of alkyl halides is 3. The first kappa shape index (κ1) is 27.6. The van der Waals surface area contributed by atoms with Crippen LogP contribution in [-0.2, 0) is 21.1 Å². The van der Waals surface area contributed by atoms with Crippen LogP contribution >= 0.6 is 7.92 Å². The summed E-state index contributed by atoms with van der Waals surface area (Å²) >= 11 is 0. The van der Waals surface area contributed by atoms with Crippen molar-refractivity contribution >= 4 is 7.92 Å². The van der Waals surface area contributed by atoms with E-state index in [0.717, 1.165) is 6.08 Å². The molecule has 0 saturated heterocycles. The summed E-state index contributed by atoms with van der Waals surface area (Å²) in [6.07, 6.45) is -1.75. The van der Waals surface area contributed by atoms with Crippen molar-refractivity contribution in [3.05, 3.63) is 37.5 Å². The molecule has 0 unspecified atom stereocenters. The largest absolute Gasteiger partial charge is 0.577 e. The van der Waals surface area contributed by atoms with Gasteiger partial charge in [-0.2, -0.15) is 13.2 Å². The molecule has 7 heteroatoms. The minimum Gasteiger partial charge on any atom is -0.577 e. The Labute approximate surface area is 132 Å². The molecule has 0 saturated carbocycles. The van der Waals surface area contributed by atoms with Crippen molar-refractivity contribution in [1.82, 2.24) is 0 Å². The Morgan fingerprint density at radius 2 is 1.63 bits per heavy atom. The van der Waals surface area contributed by atoms with Gasteiger partial charge >= 0.3 is 6.18 Å². The molecule has 0 aliphatic heterocycles. The molecule has 0 aromatic carbocycles. The number of nitrogens with zero attached hydrogens (tertiary/aromatic N) is 1. The molecular weight excluding hydrogens is 446 g/mol. The molecule has 0 amide bonds. The Bertz CT molecular complexity index is 228. The van der Waals surface area contributed by atoms with Crippen molar-refractivity contribution in [2.75, 3.05) is 20.0 Å². The number of hydrogen-bond donors (Lipinski definition) is 0. The third-order valence-electron chi connectivity index (χ3n) is 1.54. The summed E-state index contributed by atoms with van der Waals surface area (Å²) in [5.41, 5.74) is 5.75. The number of allylic oxidation sites excluding steroid dienone is 2. The molecule has 118 valence electrons. The Morgan fingerprint density at radius 3 is 1.84 bits per heavy atom. The number of rotatable bonds is 0. The maximum atomic E-state index is 12.0. The molecule has 1 aliphatic rings. The van der Waals surface area contributed by atoms with Gasteiger partial charge in [-0.25, -0.2) is 0 Å². The predicted octanol–water partition coefficient (Wildman–Crippen LogP) is 5.22. The van der Waals surface area contributed by atoms with Gasteiger partial charge in [-0.3, -0.25) is 0 Å². The molecule has 0 fully saturated rings. The summed E-state index contributed by atoms with van der Waals surface area (Å²) in [5.74, 6) is -1.32. The van der Waals surface area contributed by atoms with E-state index in [2.05, 4.69) is 20.0 Å². The summed E-state index contributed by atoms with van der Waals surface area (Å²) in [7, 11) is 0.120. The molecule has 0 bridgehead atoms. The van der Waals surface area contributed by atoms with Gasteiger partial charge in [0.15, 0.2) is 0 Å². The first-order chi connectivity index (χ1) is 7.73. The van der Waals surface area contributed by atoms with Crippen LogP contribution in [0.15, 0.2) is 12.2 Å². The van der Waals surface area contributed by atoms with Crippen LogP contribution in [0, 0.1) is 25.7 Å². The van der Waals surface area contributed by atoms with Crippen LogP contribution < -0.4 is 0 Å². The van der Waals surface area contributed by atoms with Crippen LogP contribution in [0.4, 0.5) is 13.2 Å². The summed E-state index contributed by atoms with van der Waals surface area (Å²) in [6, 6.07) is 0. The zero-order chi connectivity index (χ0) is 14.1. The average Bonchev–Trinajstić information content (AvgIpc) is 2.19. The van der Waals surface area contributed by atoms with Gasteiger partial charge < -0.3 is 25.4 Å². The first-order valence-corrected chi connectivity index (χ1v) is 7.85. The maximum Gasteiger partial charge on any atom is 0.395 e. The van der Waals surface area contributed by atoms with E-state index in [1.165, 1.54) is 6.08 Å². The van der Waals surface area contributed by atoms with E-state index in [1.807, 2.05) is 0 Å². The molecule has 19 heavy (non-hydrogen) atoms. The van der Waals surface area contributed by atoms with E-state index in [4.69, 9.17) is 11.9 Å². The number of halogens is 3. The van der Waals surface area contributed by atoms with E-state index in [1.54, 1.807) is 0 Å². The van der Waals surface area contributed by atoms with Crippen molar-refractivity contribution in [2.24, 2.45) is 5.92 Å².